The van der Waals surface area contributed by atoms with Gasteiger partial charge in [0, 0.05) is 4.88 Å². The van der Waals surface area contributed by atoms with E-state index in [9.17, 15) is 9.59 Å². The number of rotatable bonds is 3. The number of aromatic nitrogens is 3. The third kappa shape index (κ3) is 2.96. The van der Waals surface area contributed by atoms with Gasteiger partial charge in [-0.15, -0.1) is 16.4 Å². The molecule has 2 aromatic heterocycles. The molecule has 22 heavy (non-hydrogen) atoms. The maximum atomic E-state index is 11.9. The van der Waals surface area contributed by atoms with Gasteiger partial charge in [-0.1, -0.05) is 17.3 Å². The third-order valence-electron chi connectivity index (χ3n) is 2.99. The number of carbonyl (C=O) groups is 2. The molecule has 112 valence electrons. The second-order valence-corrected chi connectivity index (χ2v) is 5.94. The molecule has 0 aliphatic heterocycles. The number of nitrogens with one attached hydrogen (secondary N) is 2. The average Bonchev–Trinajstić information content (AvgIpc) is 3.12. The highest BCUT2D eigenvalue weighted by Crippen LogP contribution is 2.14. The van der Waals surface area contributed by atoms with E-state index >= 15 is 0 Å². The molecule has 0 atom stereocenters. The third-order valence-corrected chi connectivity index (χ3v) is 3.99. The number of carbonyl (C=O) groups excluding carboxylic acids is 2. The Morgan fingerprint density at radius 3 is 2.77 bits per heavy atom. The van der Waals surface area contributed by atoms with Crippen molar-refractivity contribution in [1.29, 1.82) is 0 Å². The van der Waals surface area contributed by atoms with Crippen molar-refractivity contribution in [2.75, 3.05) is 0 Å². The van der Waals surface area contributed by atoms with Gasteiger partial charge in [-0.25, -0.2) is 4.68 Å². The van der Waals surface area contributed by atoms with Gasteiger partial charge in [0.25, 0.3) is 11.8 Å². The van der Waals surface area contributed by atoms with E-state index in [2.05, 4.69) is 21.2 Å². The Balaban J connectivity index is 1.60. The van der Waals surface area contributed by atoms with Crippen LogP contribution in [-0.4, -0.2) is 26.8 Å². The topological polar surface area (TPSA) is 88.9 Å². The van der Waals surface area contributed by atoms with Crippen LogP contribution < -0.4 is 10.9 Å². The Morgan fingerprint density at radius 2 is 2.00 bits per heavy atom. The fourth-order valence-corrected chi connectivity index (χ4v) is 2.72. The molecule has 0 aliphatic carbocycles. The molecule has 3 aromatic rings. The van der Waals surface area contributed by atoms with Crippen molar-refractivity contribution in [1.82, 2.24) is 25.8 Å². The standard InChI is InChI=1S/C14H13N5O2S/c1-9-6-7-12(22-9)14(21)17-16-13(20)8-19-11-5-3-2-4-10(11)15-18-19/h2-7H,8H2,1H3,(H,16,20)(H,17,21). The van der Waals surface area contributed by atoms with Crippen molar-refractivity contribution in [2.24, 2.45) is 0 Å². The molecule has 0 unspecified atom stereocenters. The van der Waals surface area contributed by atoms with Crippen LogP contribution in [0, 0.1) is 6.92 Å². The van der Waals surface area contributed by atoms with Crippen LogP contribution in [0.2, 0.25) is 0 Å². The molecule has 0 saturated carbocycles. The van der Waals surface area contributed by atoms with E-state index in [0.717, 1.165) is 10.4 Å². The second kappa shape index (κ2) is 5.94. The van der Waals surface area contributed by atoms with Gasteiger partial charge in [-0.05, 0) is 31.2 Å². The van der Waals surface area contributed by atoms with Gasteiger partial charge in [0.1, 0.15) is 12.1 Å². The van der Waals surface area contributed by atoms with Gasteiger partial charge in [0.05, 0.1) is 10.4 Å². The molecule has 8 heteroatoms. The van der Waals surface area contributed by atoms with Gasteiger partial charge in [-0.3, -0.25) is 20.4 Å². The highest BCUT2D eigenvalue weighted by molar-refractivity contribution is 7.13. The number of hydrogen-bond donors (Lipinski definition) is 2. The predicted molar refractivity (Wildman–Crippen MR) is 82.2 cm³/mol. The fraction of sp³-hybridized carbons (Fsp3) is 0.143. The first-order chi connectivity index (χ1) is 10.6. The van der Waals surface area contributed by atoms with Crippen molar-refractivity contribution in [2.45, 2.75) is 13.5 Å². The highest BCUT2D eigenvalue weighted by Gasteiger charge is 2.11. The lowest BCUT2D eigenvalue weighted by Crippen LogP contribution is -2.43. The Morgan fingerprint density at radius 1 is 1.18 bits per heavy atom. The molecule has 2 N–H and O–H groups in total. The van der Waals surface area contributed by atoms with Crippen LogP contribution >= 0.6 is 11.3 Å². The molecule has 0 aliphatic rings. The zero-order valence-corrected chi connectivity index (χ0v) is 12.6. The first-order valence-corrected chi connectivity index (χ1v) is 7.39. The number of hydrogen-bond acceptors (Lipinski definition) is 5. The molecular formula is C14H13N5O2S. The zero-order valence-electron chi connectivity index (χ0n) is 11.7. The monoisotopic (exact) mass is 315 g/mol. The lowest BCUT2D eigenvalue weighted by molar-refractivity contribution is -0.122. The van der Waals surface area contributed by atoms with Crippen molar-refractivity contribution in [3.8, 4) is 0 Å². The van der Waals surface area contributed by atoms with E-state index in [-0.39, 0.29) is 18.4 Å². The van der Waals surface area contributed by atoms with E-state index in [1.807, 2.05) is 37.3 Å². The van der Waals surface area contributed by atoms with Crippen LogP contribution in [0.3, 0.4) is 0 Å². The first-order valence-electron chi connectivity index (χ1n) is 6.57. The summed E-state index contributed by atoms with van der Waals surface area (Å²) in [4.78, 5) is 25.3. The molecule has 2 heterocycles. The smallest absolute Gasteiger partial charge is 0.271 e. The molecule has 0 bridgehead atoms. The Kier molecular flexibility index (Phi) is 3.84. The van der Waals surface area contributed by atoms with Crippen LogP contribution in [0.25, 0.3) is 11.0 Å². The Labute approximate surface area is 129 Å². The first kappa shape index (κ1) is 14.2. The molecular weight excluding hydrogens is 302 g/mol. The van der Waals surface area contributed by atoms with Gasteiger partial charge in [0.15, 0.2) is 0 Å². The summed E-state index contributed by atoms with van der Waals surface area (Å²) >= 11 is 1.36. The van der Waals surface area contributed by atoms with E-state index in [1.54, 1.807) is 6.07 Å². The minimum absolute atomic E-state index is 0.0236. The number of thiophene rings is 1. The van der Waals surface area contributed by atoms with E-state index < -0.39 is 0 Å². The van der Waals surface area contributed by atoms with Gasteiger partial charge >= 0.3 is 0 Å². The molecule has 1 aromatic carbocycles. The average molecular weight is 315 g/mol. The molecule has 0 radical (unpaired) electrons. The molecule has 0 fully saturated rings. The van der Waals surface area contributed by atoms with Crippen LogP contribution in [0.15, 0.2) is 36.4 Å². The molecule has 2 amide bonds. The van der Waals surface area contributed by atoms with E-state index in [1.165, 1.54) is 16.0 Å². The number of hydrazine groups is 1. The minimum Gasteiger partial charge on any atom is -0.271 e. The largest absolute Gasteiger partial charge is 0.279 e. The number of aryl methyl sites for hydroxylation is 1. The lowest BCUT2D eigenvalue weighted by atomic mass is 10.3. The Hall–Kier alpha value is -2.74. The molecule has 0 spiro atoms. The normalized spacial score (nSPS) is 10.6. The van der Waals surface area contributed by atoms with Crippen molar-refractivity contribution in [3.63, 3.8) is 0 Å². The van der Waals surface area contributed by atoms with Crippen LogP contribution in [-0.2, 0) is 11.3 Å². The molecule has 0 saturated heterocycles. The Bertz CT molecular complexity index is 839. The SMILES string of the molecule is Cc1ccc(C(=O)NNC(=O)Cn2nnc3ccccc32)s1. The second-order valence-electron chi connectivity index (χ2n) is 4.65. The highest BCUT2D eigenvalue weighted by atomic mass is 32.1. The van der Waals surface area contributed by atoms with E-state index in [4.69, 9.17) is 0 Å². The fourth-order valence-electron chi connectivity index (χ4n) is 1.95. The maximum Gasteiger partial charge on any atom is 0.279 e. The van der Waals surface area contributed by atoms with Crippen LogP contribution in [0.4, 0.5) is 0 Å². The zero-order chi connectivity index (χ0) is 15.5. The number of amides is 2. The number of nitrogens with zero attached hydrogens (tertiary/aromatic N) is 3. The minimum atomic E-state index is -0.378. The number of fused-ring (bicyclic) bond motifs is 1. The van der Waals surface area contributed by atoms with Crippen molar-refractivity contribution >= 4 is 34.2 Å². The predicted octanol–water partition coefficient (Wildman–Crippen LogP) is 1.26. The maximum absolute atomic E-state index is 11.9. The van der Waals surface area contributed by atoms with Gasteiger partial charge in [-0.2, -0.15) is 0 Å². The lowest BCUT2D eigenvalue weighted by Gasteiger charge is -2.06. The quantitative estimate of drug-likeness (QED) is 0.712. The number of para-hydroxylation sites is 1. The number of benzene rings is 1. The molecule has 7 nitrogen and oxygen atoms in total. The van der Waals surface area contributed by atoms with Crippen molar-refractivity contribution in [3.05, 3.63) is 46.2 Å². The summed E-state index contributed by atoms with van der Waals surface area (Å²) in [7, 11) is 0. The summed E-state index contributed by atoms with van der Waals surface area (Å²) in [6.07, 6.45) is 0. The van der Waals surface area contributed by atoms with E-state index in [0.29, 0.717) is 10.4 Å². The van der Waals surface area contributed by atoms with Crippen molar-refractivity contribution < 1.29 is 9.59 Å². The van der Waals surface area contributed by atoms with Crippen LogP contribution in [0.5, 0.6) is 0 Å². The summed E-state index contributed by atoms with van der Waals surface area (Å²) in [5, 5.41) is 7.88. The summed E-state index contributed by atoms with van der Waals surface area (Å²) in [5.74, 6) is -0.716. The summed E-state index contributed by atoms with van der Waals surface area (Å²) < 4.78 is 1.48. The van der Waals surface area contributed by atoms with Crippen LogP contribution in [0.1, 0.15) is 14.5 Å². The summed E-state index contributed by atoms with van der Waals surface area (Å²) in [6, 6.07) is 10.9. The molecule has 3 rings (SSSR count). The summed E-state index contributed by atoms with van der Waals surface area (Å²) in [5.41, 5.74) is 6.23. The summed E-state index contributed by atoms with van der Waals surface area (Å²) in [6.45, 7) is 1.89. The van der Waals surface area contributed by atoms with Gasteiger partial charge < -0.3 is 0 Å². The van der Waals surface area contributed by atoms with Gasteiger partial charge in [0.2, 0.25) is 0 Å².